The van der Waals surface area contributed by atoms with E-state index < -0.39 is 15.9 Å². The number of carbonyl (C=O) groups is 1. The first-order chi connectivity index (χ1) is 7.95. The lowest BCUT2D eigenvalue weighted by Gasteiger charge is -2.07. The largest absolute Gasteiger partial charge is 0.327 e. The van der Waals surface area contributed by atoms with Crippen molar-refractivity contribution in [2.75, 3.05) is 11.9 Å². The SMILES string of the molecule is NC/C=C/C(=O)Nc1ccccc1S(N)(=O)=O. The van der Waals surface area contributed by atoms with Crippen molar-refractivity contribution in [1.82, 2.24) is 0 Å². The number of benzene rings is 1. The molecule has 1 amide bonds. The molecule has 7 heteroatoms. The Morgan fingerprint density at radius 2 is 2.00 bits per heavy atom. The molecule has 0 spiro atoms. The zero-order valence-electron chi connectivity index (χ0n) is 8.96. The van der Waals surface area contributed by atoms with Crippen LogP contribution in [0.4, 0.5) is 5.69 Å². The minimum Gasteiger partial charge on any atom is -0.327 e. The molecule has 1 aromatic carbocycles. The first-order valence-corrected chi connectivity index (χ1v) is 6.29. The highest BCUT2D eigenvalue weighted by atomic mass is 32.2. The molecule has 5 N–H and O–H groups in total. The maximum atomic E-state index is 11.4. The molecular weight excluding hydrogens is 242 g/mol. The van der Waals surface area contributed by atoms with Crippen molar-refractivity contribution in [2.45, 2.75) is 4.90 Å². The van der Waals surface area contributed by atoms with E-state index >= 15 is 0 Å². The number of para-hydroxylation sites is 1. The van der Waals surface area contributed by atoms with Gasteiger partial charge in [0.25, 0.3) is 0 Å². The van der Waals surface area contributed by atoms with Gasteiger partial charge in [-0.15, -0.1) is 0 Å². The Bertz CT molecular complexity index is 537. The third-order valence-electron chi connectivity index (χ3n) is 1.86. The summed E-state index contributed by atoms with van der Waals surface area (Å²) in [7, 11) is -3.86. The van der Waals surface area contributed by atoms with Gasteiger partial charge in [0.05, 0.1) is 5.69 Å². The van der Waals surface area contributed by atoms with E-state index in [1.807, 2.05) is 0 Å². The molecule has 1 aromatic rings. The van der Waals surface area contributed by atoms with E-state index in [1.54, 1.807) is 6.07 Å². The molecule has 0 radical (unpaired) electrons. The lowest BCUT2D eigenvalue weighted by molar-refractivity contribution is -0.111. The number of hydrogen-bond acceptors (Lipinski definition) is 4. The van der Waals surface area contributed by atoms with Crippen LogP contribution in [-0.4, -0.2) is 20.9 Å². The molecule has 92 valence electrons. The molecule has 0 atom stereocenters. The number of anilines is 1. The van der Waals surface area contributed by atoms with E-state index in [4.69, 9.17) is 10.9 Å². The summed E-state index contributed by atoms with van der Waals surface area (Å²) >= 11 is 0. The predicted octanol–water partition coefficient (Wildman–Crippen LogP) is -0.213. The molecule has 0 fully saturated rings. The van der Waals surface area contributed by atoms with E-state index in [0.717, 1.165) is 0 Å². The summed E-state index contributed by atoms with van der Waals surface area (Å²) in [6, 6.07) is 5.88. The summed E-state index contributed by atoms with van der Waals surface area (Å²) in [5, 5.41) is 7.43. The fraction of sp³-hybridized carbons (Fsp3) is 0.100. The lowest BCUT2D eigenvalue weighted by atomic mass is 10.3. The summed E-state index contributed by atoms with van der Waals surface area (Å²) in [5.74, 6) is -0.466. The van der Waals surface area contributed by atoms with Crippen LogP contribution in [-0.2, 0) is 14.8 Å². The second-order valence-corrected chi connectivity index (χ2v) is 4.70. The maximum absolute atomic E-state index is 11.4. The normalized spacial score (nSPS) is 11.6. The molecule has 0 aliphatic heterocycles. The zero-order valence-corrected chi connectivity index (χ0v) is 9.78. The second kappa shape index (κ2) is 5.58. The van der Waals surface area contributed by atoms with Crippen LogP contribution in [0.15, 0.2) is 41.3 Å². The van der Waals surface area contributed by atoms with E-state index in [9.17, 15) is 13.2 Å². The van der Waals surface area contributed by atoms with Crippen LogP contribution in [0, 0.1) is 0 Å². The fourth-order valence-corrected chi connectivity index (χ4v) is 1.86. The molecular formula is C10H13N3O3S. The van der Waals surface area contributed by atoms with Crippen LogP contribution in [0.5, 0.6) is 0 Å². The summed E-state index contributed by atoms with van der Waals surface area (Å²) in [6.45, 7) is 0.226. The quantitative estimate of drug-likeness (QED) is 0.645. The number of nitrogens with one attached hydrogen (secondary N) is 1. The van der Waals surface area contributed by atoms with Crippen LogP contribution in [0.3, 0.4) is 0 Å². The van der Waals surface area contributed by atoms with Gasteiger partial charge in [0.2, 0.25) is 15.9 Å². The zero-order chi connectivity index (χ0) is 12.9. The number of rotatable bonds is 4. The van der Waals surface area contributed by atoms with Gasteiger partial charge in [-0.3, -0.25) is 4.79 Å². The van der Waals surface area contributed by atoms with Gasteiger partial charge in [-0.2, -0.15) is 0 Å². The first kappa shape index (κ1) is 13.4. The Labute approximate surface area is 99.4 Å². The van der Waals surface area contributed by atoms with Gasteiger partial charge in [0, 0.05) is 12.6 Å². The molecule has 0 saturated heterocycles. The van der Waals surface area contributed by atoms with Crippen LogP contribution >= 0.6 is 0 Å². The van der Waals surface area contributed by atoms with E-state index in [0.29, 0.717) is 0 Å². The monoisotopic (exact) mass is 255 g/mol. The van der Waals surface area contributed by atoms with Crippen molar-refractivity contribution in [2.24, 2.45) is 10.9 Å². The van der Waals surface area contributed by atoms with Crippen LogP contribution in [0.2, 0.25) is 0 Å². The van der Waals surface area contributed by atoms with Crippen molar-refractivity contribution in [3.8, 4) is 0 Å². The Balaban J connectivity index is 3.00. The molecule has 0 heterocycles. The molecule has 1 rings (SSSR count). The molecule has 0 aliphatic rings. The number of carbonyl (C=O) groups excluding carboxylic acids is 1. The topological polar surface area (TPSA) is 115 Å². The van der Waals surface area contributed by atoms with Gasteiger partial charge in [-0.25, -0.2) is 13.6 Å². The minimum absolute atomic E-state index is 0.130. The average Bonchev–Trinajstić information content (AvgIpc) is 2.25. The van der Waals surface area contributed by atoms with E-state index in [1.165, 1.54) is 30.4 Å². The van der Waals surface area contributed by atoms with Gasteiger partial charge in [-0.1, -0.05) is 18.2 Å². The van der Waals surface area contributed by atoms with E-state index in [2.05, 4.69) is 5.32 Å². The van der Waals surface area contributed by atoms with Gasteiger partial charge in [0.1, 0.15) is 4.90 Å². The Morgan fingerprint density at radius 3 is 2.59 bits per heavy atom. The average molecular weight is 255 g/mol. The van der Waals surface area contributed by atoms with Crippen molar-refractivity contribution in [3.63, 3.8) is 0 Å². The van der Waals surface area contributed by atoms with Crippen molar-refractivity contribution < 1.29 is 13.2 Å². The van der Waals surface area contributed by atoms with Gasteiger partial charge < -0.3 is 11.1 Å². The number of amides is 1. The maximum Gasteiger partial charge on any atom is 0.248 e. The minimum atomic E-state index is -3.86. The molecule has 0 unspecified atom stereocenters. The number of sulfonamides is 1. The fourth-order valence-electron chi connectivity index (χ4n) is 1.17. The Hall–Kier alpha value is -1.70. The first-order valence-electron chi connectivity index (χ1n) is 4.74. The highest BCUT2D eigenvalue weighted by Crippen LogP contribution is 2.18. The summed E-state index contributed by atoms with van der Waals surface area (Å²) in [4.78, 5) is 11.2. The third kappa shape index (κ3) is 3.99. The molecule has 0 aromatic heterocycles. The number of primary sulfonamides is 1. The highest BCUT2D eigenvalue weighted by molar-refractivity contribution is 7.89. The molecule has 6 nitrogen and oxygen atoms in total. The number of nitrogens with two attached hydrogens (primary N) is 2. The predicted molar refractivity (Wildman–Crippen MR) is 64.6 cm³/mol. The Kier molecular flexibility index (Phi) is 4.38. The molecule has 17 heavy (non-hydrogen) atoms. The number of hydrogen-bond donors (Lipinski definition) is 3. The highest BCUT2D eigenvalue weighted by Gasteiger charge is 2.13. The second-order valence-electron chi connectivity index (χ2n) is 3.17. The smallest absolute Gasteiger partial charge is 0.248 e. The van der Waals surface area contributed by atoms with Crippen LogP contribution < -0.4 is 16.2 Å². The van der Waals surface area contributed by atoms with Gasteiger partial charge in [-0.05, 0) is 12.1 Å². The van der Waals surface area contributed by atoms with Crippen molar-refractivity contribution in [3.05, 3.63) is 36.4 Å². The third-order valence-corrected chi connectivity index (χ3v) is 2.83. The molecule has 0 aliphatic carbocycles. The standard InChI is InChI=1S/C10H13N3O3S/c11-7-3-6-10(14)13-8-4-1-2-5-9(8)17(12,15)16/h1-6H,7,11H2,(H,13,14)(H2,12,15,16)/b6-3+. The van der Waals surface area contributed by atoms with Crippen LogP contribution in [0.25, 0.3) is 0 Å². The van der Waals surface area contributed by atoms with Crippen LogP contribution in [0.1, 0.15) is 0 Å². The van der Waals surface area contributed by atoms with E-state index in [-0.39, 0.29) is 17.1 Å². The van der Waals surface area contributed by atoms with Crippen molar-refractivity contribution >= 4 is 21.6 Å². The Morgan fingerprint density at radius 1 is 1.35 bits per heavy atom. The lowest BCUT2D eigenvalue weighted by Crippen LogP contribution is -2.17. The summed E-state index contributed by atoms with van der Waals surface area (Å²) < 4.78 is 22.5. The molecule has 0 bridgehead atoms. The summed E-state index contributed by atoms with van der Waals surface area (Å²) in [5.41, 5.74) is 5.33. The summed E-state index contributed by atoms with van der Waals surface area (Å²) in [6.07, 6.45) is 2.68. The van der Waals surface area contributed by atoms with Gasteiger partial charge >= 0.3 is 0 Å². The molecule has 0 saturated carbocycles. The van der Waals surface area contributed by atoms with Crippen molar-refractivity contribution in [1.29, 1.82) is 0 Å². The van der Waals surface area contributed by atoms with Gasteiger partial charge in [0.15, 0.2) is 0 Å².